The van der Waals surface area contributed by atoms with Crippen molar-refractivity contribution in [3.8, 4) is 17.2 Å². The highest BCUT2D eigenvalue weighted by Gasteiger charge is 2.24. The lowest BCUT2D eigenvalue weighted by molar-refractivity contribution is -0.142. The van der Waals surface area contributed by atoms with Gasteiger partial charge in [-0.2, -0.15) is 0 Å². The molecule has 5 heteroatoms. The highest BCUT2D eigenvalue weighted by Crippen LogP contribution is 2.39. The number of carbonyl (C=O) groups excluding carboxylic acids is 1. The molecule has 3 rings (SSSR count). The molecule has 148 valence electrons. The first-order valence-corrected chi connectivity index (χ1v) is 9.44. The Balaban J connectivity index is 1.63. The maximum atomic E-state index is 11.6. The van der Waals surface area contributed by atoms with E-state index in [2.05, 4.69) is 0 Å². The first kappa shape index (κ1) is 19.8. The van der Waals surface area contributed by atoms with Gasteiger partial charge in [-0.15, -0.1) is 0 Å². The van der Waals surface area contributed by atoms with Crippen molar-refractivity contribution in [3.05, 3.63) is 59.7 Å². The first-order chi connectivity index (χ1) is 13.7. The lowest BCUT2D eigenvalue weighted by Gasteiger charge is -2.15. The average Bonchev–Trinajstić information content (AvgIpc) is 3.54. The highest BCUT2D eigenvalue weighted by molar-refractivity contribution is 5.70. The molecular weight excluding hydrogens is 356 g/mol. The van der Waals surface area contributed by atoms with Crippen LogP contribution in [-0.4, -0.2) is 26.8 Å². The van der Waals surface area contributed by atoms with Gasteiger partial charge in [0, 0.05) is 6.42 Å². The molecule has 28 heavy (non-hydrogen) atoms. The zero-order valence-electron chi connectivity index (χ0n) is 16.4. The van der Waals surface area contributed by atoms with Gasteiger partial charge in [0.25, 0.3) is 0 Å². The number of benzene rings is 2. The molecule has 0 heterocycles. The summed E-state index contributed by atoms with van der Waals surface area (Å²) in [5.74, 6) is 2.13. The van der Waals surface area contributed by atoms with Gasteiger partial charge in [0.1, 0.15) is 13.2 Å². The summed E-state index contributed by atoms with van der Waals surface area (Å²) in [4.78, 5) is 11.6. The van der Waals surface area contributed by atoms with Crippen molar-refractivity contribution in [3.63, 3.8) is 0 Å². The van der Waals surface area contributed by atoms with Gasteiger partial charge in [-0.05, 0) is 48.1 Å². The van der Waals surface area contributed by atoms with Crippen LogP contribution >= 0.6 is 0 Å². The number of rotatable bonds is 10. The normalized spacial score (nSPS) is 13.4. The van der Waals surface area contributed by atoms with Gasteiger partial charge < -0.3 is 18.9 Å². The molecule has 0 N–H and O–H groups in total. The third-order valence-corrected chi connectivity index (χ3v) is 4.51. The van der Waals surface area contributed by atoms with E-state index in [1.165, 1.54) is 0 Å². The van der Waals surface area contributed by atoms with Crippen molar-refractivity contribution in [2.24, 2.45) is 5.92 Å². The van der Waals surface area contributed by atoms with Crippen LogP contribution in [0.25, 0.3) is 6.08 Å². The Morgan fingerprint density at radius 3 is 2.36 bits per heavy atom. The molecule has 0 radical (unpaired) electrons. The van der Waals surface area contributed by atoms with Crippen LogP contribution in [0.2, 0.25) is 0 Å². The summed E-state index contributed by atoms with van der Waals surface area (Å²) in [6, 6.07) is 13.6. The monoisotopic (exact) mass is 382 g/mol. The molecule has 2 aromatic carbocycles. The Bertz CT molecular complexity index is 784. The van der Waals surface area contributed by atoms with Crippen molar-refractivity contribution in [2.75, 3.05) is 20.8 Å². The van der Waals surface area contributed by atoms with Crippen LogP contribution in [0.1, 0.15) is 30.4 Å². The van der Waals surface area contributed by atoms with Crippen LogP contribution < -0.4 is 14.2 Å². The molecule has 1 aliphatic rings. The molecule has 1 saturated carbocycles. The minimum Gasteiger partial charge on any atom is -0.493 e. The van der Waals surface area contributed by atoms with Crippen molar-refractivity contribution in [1.29, 1.82) is 0 Å². The summed E-state index contributed by atoms with van der Waals surface area (Å²) in [6.07, 6.45) is 6.50. The van der Waals surface area contributed by atoms with Crippen molar-refractivity contribution >= 4 is 12.0 Å². The summed E-state index contributed by atoms with van der Waals surface area (Å²) in [6.45, 7) is 0.669. The van der Waals surface area contributed by atoms with E-state index in [0.717, 1.165) is 24.0 Å². The predicted octanol–water partition coefficient (Wildman–Crippen LogP) is 4.64. The average molecular weight is 382 g/mol. The van der Waals surface area contributed by atoms with Crippen LogP contribution in [-0.2, 0) is 16.1 Å². The summed E-state index contributed by atoms with van der Waals surface area (Å²) in [7, 11) is 3.19. The van der Waals surface area contributed by atoms with E-state index in [0.29, 0.717) is 36.2 Å². The molecule has 2 aromatic rings. The Morgan fingerprint density at radius 1 is 1.07 bits per heavy atom. The van der Waals surface area contributed by atoms with Crippen LogP contribution in [0.4, 0.5) is 0 Å². The SMILES string of the molecule is COc1cc(C=CCOC(=O)CC2CC2)cc(OC)c1OCc1ccccc1. The quantitative estimate of drug-likeness (QED) is 0.560. The largest absolute Gasteiger partial charge is 0.493 e. The molecule has 1 aliphatic carbocycles. The number of ether oxygens (including phenoxy) is 4. The molecule has 0 saturated heterocycles. The molecule has 1 fully saturated rings. The lowest BCUT2D eigenvalue weighted by atomic mass is 10.1. The zero-order chi connectivity index (χ0) is 19.8. The second kappa shape index (κ2) is 9.83. The molecule has 0 atom stereocenters. The molecule has 0 spiro atoms. The van der Waals surface area contributed by atoms with Crippen molar-refractivity contribution < 1.29 is 23.7 Å². The fraction of sp³-hybridized carbons (Fsp3) is 0.348. The Kier molecular flexibility index (Phi) is 6.95. The molecule has 0 unspecified atom stereocenters. The summed E-state index contributed by atoms with van der Waals surface area (Å²) in [5, 5.41) is 0. The molecule has 0 aliphatic heterocycles. The number of esters is 1. The van der Waals surface area contributed by atoms with E-state index >= 15 is 0 Å². The van der Waals surface area contributed by atoms with Gasteiger partial charge in [0.05, 0.1) is 14.2 Å². The maximum Gasteiger partial charge on any atom is 0.306 e. The summed E-state index contributed by atoms with van der Waals surface area (Å²) >= 11 is 0. The van der Waals surface area contributed by atoms with Gasteiger partial charge >= 0.3 is 5.97 Å². The maximum absolute atomic E-state index is 11.6. The zero-order valence-corrected chi connectivity index (χ0v) is 16.4. The third kappa shape index (κ3) is 5.78. The fourth-order valence-corrected chi connectivity index (χ4v) is 2.81. The Morgan fingerprint density at radius 2 is 1.75 bits per heavy atom. The van der Waals surface area contributed by atoms with Crippen LogP contribution in [0.15, 0.2) is 48.5 Å². The third-order valence-electron chi connectivity index (χ3n) is 4.51. The van der Waals surface area contributed by atoms with Crippen LogP contribution in [0.5, 0.6) is 17.2 Å². The number of hydrogen-bond donors (Lipinski definition) is 0. The van der Waals surface area contributed by atoms with Gasteiger partial charge in [0.2, 0.25) is 5.75 Å². The van der Waals surface area contributed by atoms with E-state index in [9.17, 15) is 4.79 Å². The van der Waals surface area contributed by atoms with E-state index < -0.39 is 0 Å². The summed E-state index contributed by atoms with van der Waals surface area (Å²) in [5.41, 5.74) is 1.93. The number of methoxy groups -OCH3 is 2. The highest BCUT2D eigenvalue weighted by atomic mass is 16.5. The topological polar surface area (TPSA) is 54.0 Å². The second-order valence-electron chi connectivity index (χ2n) is 6.76. The van der Waals surface area contributed by atoms with Crippen molar-refractivity contribution in [1.82, 2.24) is 0 Å². The molecule has 0 bridgehead atoms. The van der Waals surface area contributed by atoms with Gasteiger partial charge in [0.15, 0.2) is 11.5 Å². The lowest BCUT2D eigenvalue weighted by Crippen LogP contribution is -2.04. The Hall–Kier alpha value is -2.95. The summed E-state index contributed by atoms with van der Waals surface area (Å²) < 4.78 is 22.1. The first-order valence-electron chi connectivity index (χ1n) is 9.44. The molecule has 5 nitrogen and oxygen atoms in total. The van der Waals surface area contributed by atoms with Crippen LogP contribution in [0.3, 0.4) is 0 Å². The molecule has 0 amide bonds. The minimum atomic E-state index is -0.132. The van der Waals surface area contributed by atoms with Gasteiger partial charge in [-0.1, -0.05) is 36.4 Å². The van der Waals surface area contributed by atoms with E-state index in [-0.39, 0.29) is 12.6 Å². The Labute approximate surface area is 165 Å². The number of hydrogen-bond acceptors (Lipinski definition) is 5. The minimum absolute atomic E-state index is 0.132. The number of carbonyl (C=O) groups is 1. The molecule has 0 aromatic heterocycles. The van der Waals surface area contributed by atoms with E-state index in [1.807, 2.05) is 54.6 Å². The second-order valence-corrected chi connectivity index (χ2v) is 6.76. The van der Waals surface area contributed by atoms with E-state index in [4.69, 9.17) is 18.9 Å². The predicted molar refractivity (Wildman–Crippen MR) is 108 cm³/mol. The van der Waals surface area contributed by atoms with Gasteiger partial charge in [-0.3, -0.25) is 4.79 Å². The standard InChI is InChI=1S/C23H26O5/c1-25-20-13-19(9-6-12-27-22(24)15-17-10-11-17)14-21(26-2)23(20)28-16-18-7-4-3-5-8-18/h3-9,13-14,17H,10-12,15-16H2,1-2H3. The van der Waals surface area contributed by atoms with E-state index in [1.54, 1.807) is 14.2 Å². The smallest absolute Gasteiger partial charge is 0.306 e. The fourth-order valence-electron chi connectivity index (χ4n) is 2.81. The van der Waals surface area contributed by atoms with Crippen molar-refractivity contribution in [2.45, 2.75) is 25.9 Å². The van der Waals surface area contributed by atoms with Gasteiger partial charge in [-0.25, -0.2) is 0 Å². The van der Waals surface area contributed by atoms with Crippen LogP contribution in [0, 0.1) is 5.92 Å². The molecular formula is C23H26O5.